The molecule has 0 bridgehead atoms. The number of hydrogen-bond donors (Lipinski definition) is 1. The molecule has 11 nitrogen and oxygen atoms in total. The van der Waals surface area contributed by atoms with Crippen molar-refractivity contribution >= 4 is 52.2 Å². The highest BCUT2D eigenvalue weighted by atomic mass is 16.2. The van der Waals surface area contributed by atoms with Gasteiger partial charge in [-0.2, -0.15) is 0 Å². The standard InChI is InChI=1S/C17H11N3O2.C12H12N2O4/c21-15-9-10-16(22)20(15)12-7-5-11(6-8-12)17-18-13-3-1-2-4-14(13)19-17;15-9-3-4-10(16)13(9)7-1-2-8-14-11(17)5-6-12(14)18/h1-10H,(H,18,19);3-6H,1-2,7-8H2. The Kier molecular flexibility index (Phi) is 7.27. The Morgan fingerprint density at radius 1 is 0.575 bits per heavy atom. The summed E-state index contributed by atoms with van der Waals surface area (Å²) in [6.07, 6.45) is 8.62. The summed E-state index contributed by atoms with van der Waals surface area (Å²) in [6.45, 7) is 0.628. The van der Waals surface area contributed by atoms with E-state index in [2.05, 4.69) is 9.97 Å². The van der Waals surface area contributed by atoms with E-state index in [-0.39, 0.29) is 35.4 Å². The van der Waals surface area contributed by atoms with Crippen LogP contribution in [0, 0.1) is 0 Å². The van der Waals surface area contributed by atoms with Gasteiger partial charge >= 0.3 is 0 Å². The zero-order chi connectivity index (χ0) is 28.2. The third-order valence-electron chi connectivity index (χ3n) is 6.41. The number of carbonyl (C=O) groups is 6. The number of nitrogens with zero attached hydrogens (tertiary/aromatic N) is 4. The minimum Gasteiger partial charge on any atom is -0.338 e. The number of nitrogens with one attached hydrogen (secondary N) is 1. The average Bonchev–Trinajstić information content (AvgIpc) is 3.70. The maximum atomic E-state index is 11.7. The fourth-order valence-electron chi connectivity index (χ4n) is 4.36. The van der Waals surface area contributed by atoms with Gasteiger partial charge in [0.05, 0.1) is 16.7 Å². The molecule has 200 valence electrons. The third-order valence-corrected chi connectivity index (χ3v) is 6.41. The minimum atomic E-state index is -0.318. The zero-order valence-corrected chi connectivity index (χ0v) is 21.1. The first-order chi connectivity index (χ1) is 19.3. The number of imide groups is 3. The van der Waals surface area contributed by atoms with E-state index in [0.29, 0.717) is 31.6 Å². The molecule has 0 fully saturated rings. The average molecular weight is 538 g/mol. The Morgan fingerprint density at radius 3 is 1.55 bits per heavy atom. The van der Waals surface area contributed by atoms with Gasteiger partial charge in [0.1, 0.15) is 5.82 Å². The second kappa shape index (κ2) is 11.1. The Balaban J connectivity index is 0.000000165. The van der Waals surface area contributed by atoms with E-state index in [4.69, 9.17) is 0 Å². The molecule has 0 saturated carbocycles. The molecule has 0 radical (unpaired) electrons. The van der Waals surface area contributed by atoms with Gasteiger partial charge in [-0.1, -0.05) is 12.1 Å². The van der Waals surface area contributed by atoms with Crippen molar-refractivity contribution in [2.24, 2.45) is 0 Å². The van der Waals surface area contributed by atoms with Gasteiger partial charge in [-0.25, -0.2) is 9.88 Å². The summed E-state index contributed by atoms with van der Waals surface area (Å²) in [6, 6.07) is 15.0. The highest BCUT2D eigenvalue weighted by Crippen LogP contribution is 2.25. The monoisotopic (exact) mass is 537 g/mol. The van der Waals surface area contributed by atoms with E-state index >= 15 is 0 Å². The van der Waals surface area contributed by atoms with Crippen molar-refractivity contribution in [2.75, 3.05) is 18.0 Å². The molecule has 0 aliphatic carbocycles. The highest BCUT2D eigenvalue weighted by molar-refractivity contribution is 6.28. The number of amides is 6. The summed E-state index contributed by atoms with van der Waals surface area (Å²) in [5.41, 5.74) is 3.32. The second-order valence-electron chi connectivity index (χ2n) is 9.02. The Hall–Kier alpha value is -5.45. The molecule has 40 heavy (non-hydrogen) atoms. The van der Waals surface area contributed by atoms with E-state index in [1.807, 2.05) is 36.4 Å². The fourth-order valence-corrected chi connectivity index (χ4v) is 4.36. The SMILES string of the molecule is O=C1C=CC(=O)N1CCCCN1C(=O)C=CC1=O.O=C1C=CC(=O)N1c1ccc(-c2nc3ccccc3[nH]2)cc1. The number of rotatable bonds is 7. The molecule has 11 heteroatoms. The Bertz CT molecular complexity index is 1500. The molecular weight excluding hydrogens is 514 g/mol. The largest absolute Gasteiger partial charge is 0.338 e. The molecule has 0 saturated heterocycles. The smallest absolute Gasteiger partial charge is 0.258 e. The van der Waals surface area contributed by atoms with Gasteiger partial charge in [-0.05, 0) is 49.2 Å². The number of aromatic amines is 1. The summed E-state index contributed by atoms with van der Waals surface area (Å²) >= 11 is 0. The first kappa shape index (κ1) is 26.2. The molecule has 3 aliphatic rings. The van der Waals surface area contributed by atoms with Crippen LogP contribution in [0.4, 0.5) is 5.69 Å². The van der Waals surface area contributed by atoms with Gasteiger partial charge < -0.3 is 4.98 Å². The van der Waals surface area contributed by atoms with Crippen molar-refractivity contribution in [3.05, 3.63) is 85.0 Å². The summed E-state index contributed by atoms with van der Waals surface area (Å²) in [5.74, 6) is -1.12. The molecule has 4 heterocycles. The van der Waals surface area contributed by atoms with Crippen LogP contribution in [-0.4, -0.2) is 68.3 Å². The molecule has 3 aliphatic heterocycles. The van der Waals surface area contributed by atoms with Crippen LogP contribution in [-0.2, 0) is 28.8 Å². The topological polar surface area (TPSA) is 141 Å². The molecule has 3 aromatic rings. The summed E-state index contributed by atoms with van der Waals surface area (Å²) in [7, 11) is 0. The number of imidazole rings is 1. The Labute approximate surface area is 228 Å². The van der Waals surface area contributed by atoms with Crippen LogP contribution in [0.25, 0.3) is 22.4 Å². The van der Waals surface area contributed by atoms with Gasteiger partial charge in [0.2, 0.25) is 0 Å². The minimum absolute atomic E-state index is 0.310. The van der Waals surface area contributed by atoms with Gasteiger partial charge in [0.25, 0.3) is 35.4 Å². The van der Waals surface area contributed by atoms with Crippen molar-refractivity contribution in [3.63, 3.8) is 0 Å². The number of anilines is 1. The van der Waals surface area contributed by atoms with Gasteiger partial charge in [-0.3, -0.25) is 38.6 Å². The van der Waals surface area contributed by atoms with Crippen molar-refractivity contribution in [3.8, 4) is 11.4 Å². The van der Waals surface area contributed by atoms with E-state index in [9.17, 15) is 28.8 Å². The molecule has 0 atom stereocenters. The normalized spacial score (nSPS) is 16.2. The number of benzene rings is 2. The van der Waals surface area contributed by atoms with Crippen LogP contribution in [0.5, 0.6) is 0 Å². The number of fused-ring (bicyclic) bond motifs is 1. The van der Waals surface area contributed by atoms with Crippen LogP contribution in [0.1, 0.15) is 12.8 Å². The molecule has 6 amide bonds. The maximum Gasteiger partial charge on any atom is 0.258 e. The quantitative estimate of drug-likeness (QED) is 0.360. The van der Waals surface area contributed by atoms with Crippen molar-refractivity contribution in [1.29, 1.82) is 0 Å². The van der Waals surface area contributed by atoms with E-state index in [1.165, 1.54) is 36.5 Å². The van der Waals surface area contributed by atoms with Gasteiger partial charge in [-0.15, -0.1) is 0 Å². The van der Waals surface area contributed by atoms with Crippen LogP contribution >= 0.6 is 0 Å². The molecule has 0 unspecified atom stereocenters. The van der Waals surface area contributed by atoms with Crippen molar-refractivity contribution in [2.45, 2.75) is 12.8 Å². The van der Waals surface area contributed by atoms with Crippen molar-refractivity contribution in [1.82, 2.24) is 19.8 Å². The lowest BCUT2D eigenvalue weighted by molar-refractivity contribution is -0.139. The molecule has 6 rings (SSSR count). The van der Waals surface area contributed by atoms with E-state index in [0.717, 1.165) is 37.1 Å². The van der Waals surface area contributed by atoms with E-state index < -0.39 is 0 Å². The maximum absolute atomic E-state index is 11.7. The predicted octanol–water partition coefficient (Wildman–Crippen LogP) is 2.28. The summed E-state index contributed by atoms with van der Waals surface area (Å²) in [5, 5.41) is 0. The van der Waals surface area contributed by atoms with Crippen LogP contribution < -0.4 is 4.90 Å². The number of H-pyrrole nitrogens is 1. The fraction of sp³-hybridized carbons (Fsp3) is 0.138. The van der Waals surface area contributed by atoms with Gasteiger partial charge in [0, 0.05) is 55.1 Å². The lowest BCUT2D eigenvalue weighted by Gasteiger charge is -2.16. The lowest BCUT2D eigenvalue weighted by atomic mass is 10.2. The lowest BCUT2D eigenvalue weighted by Crippen LogP contribution is -2.33. The first-order valence-electron chi connectivity index (χ1n) is 12.5. The zero-order valence-electron chi connectivity index (χ0n) is 21.1. The van der Waals surface area contributed by atoms with E-state index in [1.54, 1.807) is 12.1 Å². The summed E-state index contributed by atoms with van der Waals surface area (Å²) in [4.78, 5) is 79.4. The third kappa shape index (κ3) is 5.39. The van der Waals surface area contributed by atoms with Crippen molar-refractivity contribution < 1.29 is 28.8 Å². The number of aromatic nitrogens is 2. The molecule has 0 spiro atoms. The molecule has 2 aromatic carbocycles. The predicted molar refractivity (Wildman–Crippen MR) is 144 cm³/mol. The molecular formula is C29H23N5O6. The first-order valence-corrected chi connectivity index (χ1v) is 12.5. The molecule has 1 N–H and O–H groups in total. The number of unbranched alkanes of at least 4 members (excludes halogenated alkanes) is 1. The number of carbonyl (C=O) groups excluding carboxylic acids is 6. The van der Waals surface area contributed by atoms with Gasteiger partial charge in [0.15, 0.2) is 0 Å². The Morgan fingerprint density at radius 2 is 1.05 bits per heavy atom. The second-order valence-corrected chi connectivity index (χ2v) is 9.02. The van der Waals surface area contributed by atoms with Crippen LogP contribution in [0.15, 0.2) is 85.0 Å². The highest BCUT2D eigenvalue weighted by Gasteiger charge is 2.26. The number of hydrogen-bond acceptors (Lipinski definition) is 7. The van der Waals surface area contributed by atoms with Crippen LogP contribution in [0.3, 0.4) is 0 Å². The molecule has 1 aromatic heterocycles. The summed E-state index contributed by atoms with van der Waals surface area (Å²) < 4.78 is 0. The number of para-hydroxylation sites is 2. The van der Waals surface area contributed by atoms with Crippen LogP contribution in [0.2, 0.25) is 0 Å².